The molecule has 2 N–H and O–H groups in total. The molecule has 0 aliphatic heterocycles. The van der Waals surface area contributed by atoms with Gasteiger partial charge in [0.25, 0.3) is 11.8 Å². The van der Waals surface area contributed by atoms with E-state index in [4.69, 9.17) is 21.1 Å². The molecule has 0 radical (unpaired) electrons. The first-order valence-electron chi connectivity index (χ1n) is 9.71. The molecule has 0 aliphatic rings. The molecular formula is C24H22ClN3O4. The highest BCUT2D eigenvalue weighted by molar-refractivity contribution is 6.32. The number of hydrazone groups is 1. The lowest BCUT2D eigenvalue weighted by atomic mass is 10.2. The minimum Gasteiger partial charge on any atom is -0.493 e. The van der Waals surface area contributed by atoms with Crippen LogP contribution in [0, 0.1) is 6.92 Å². The van der Waals surface area contributed by atoms with Crippen molar-refractivity contribution in [3.8, 4) is 11.5 Å². The van der Waals surface area contributed by atoms with Crippen LogP contribution in [-0.4, -0.2) is 31.7 Å². The van der Waals surface area contributed by atoms with Gasteiger partial charge in [-0.1, -0.05) is 47.5 Å². The second-order valence-corrected chi connectivity index (χ2v) is 7.21. The average molecular weight is 452 g/mol. The topological polar surface area (TPSA) is 89.0 Å². The lowest BCUT2D eigenvalue weighted by Crippen LogP contribution is -2.20. The number of halogens is 1. The summed E-state index contributed by atoms with van der Waals surface area (Å²) in [5, 5.41) is 6.94. The maximum Gasteiger partial charge on any atom is 0.271 e. The molecule has 3 aromatic carbocycles. The van der Waals surface area contributed by atoms with E-state index in [-0.39, 0.29) is 29.2 Å². The molecule has 0 heterocycles. The standard InChI is InChI=1S/C24H22ClN3O4/c1-16-8-10-19(11-9-16)27-22(29)15-32-23-20(25)12-17(13-21(23)31-2)14-26-28-24(30)18-6-4-3-5-7-18/h3-14H,15H2,1-2H3,(H,27,29)(H,28,30)/b26-14+. The monoisotopic (exact) mass is 451 g/mol. The van der Waals surface area contributed by atoms with E-state index in [0.29, 0.717) is 22.6 Å². The second-order valence-electron chi connectivity index (χ2n) is 6.80. The molecule has 0 unspecified atom stereocenters. The SMILES string of the molecule is COc1cc(/C=N/NC(=O)c2ccccc2)cc(Cl)c1OCC(=O)Nc1ccc(C)cc1. The van der Waals surface area contributed by atoms with Crippen molar-refractivity contribution < 1.29 is 19.1 Å². The van der Waals surface area contributed by atoms with Gasteiger partial charge in [0.1, 0.15) is 0 Å². The number of methoxy groups -OCH3 is 1. The smallest absolute Gasteiger partial charge is 0.271 e. The van der Waals surface area contributed by atoms with Gasteiger partial charge in [0.05, 0.1) is 18.3 Å². The van der Waals surface area contributed by atoms with Crippen LogP contribution in [0.3, 0.4) is 0 Å². The Morgan fingerprint density at radius 1 is 1.06 bits per heavy atom. The highest BCUT2D eigenvalue weighted by Gasteiger charge is 2.14. The van der Waals surface area contributed by atoms with E-state index in [9.17, 15) is 9.59 Å². The lowest BCUT2D eigenvalue weighted by Gasteiger charge is -2.13. The summed E-state index contributed by atoms with van der Waals surface area (Å²) in [7, 11) is 1.46. The van der Waals surface area contributed by atoms with Crippen LogP contribution in [0.4, 0.5) is 5.69 Å². The van der Waals surface area contributed by atoms with Crippen LogP contribution in [0.15, 0.2) is 71.8 Å². The van der Waals surface area contributed by atoms with Gasteiger partial charge in [0.15, 0.2) is 18.1 Å². The molecule has 3 rings (SSSR count). The molecule has 0 aromatic heterocycles. The molecule has 0 saturated heterocycles. The Bertz CT molecular complexity index is 1120. The van der Waals surface area contributed by atoms with E-state index in [2.05, 4.69) is 15.8 Å². The van der Waals surface area contributed by atoms with E-state index in [1.807, 2.05) is 37.3 Å². The number of anilines is 1. The van der Waals surface area contributed by atoms with Crippen molar-refractivity contribution in [2.45, 2.75) is 6.92 Å². The average Bonchev–Trinajstić information content (AvgIpc) is 2.80. The Kier molecular flexibility index (Phi) is 7.83. The van der Waals surface area contributed by atoms with Gasteiger partial charge in [-0.3, -0.25) is 9.59 Å². The summed E-state index contributed by atoms with van der Waals surface area (Å²) in [6, 6.07) is 19.4. The molecule has 8 heteroatoms. The van der Waals surface area contributed by atoms with Crippen molar-refractivity contribution in [3.05, 3.63) is 88.4 Å². The molecule has 2 amide bonds. The molecule has 0 spiro atoms. The maximum atomic E-state index is 12.2. The predicted octanol–water partition coefficient (Wildman–Crippen LogP) is 4.44. The maximum absolute atomic E-state index is 12.2. The number of amides is 2. The fraction of sp³-hybridized carbons (Fsp3) is 0.125. The number of carbonyl (C=O) groups excluding carboxylic acids is 2. The molecule has 0 saturated carbocycles. The fourth-order valence-electron chi connectivity index (χ4n) is 2.75. The fourth-order valence-corrected chi connectivity index (χ4v) is 3.02. The molecule has 32 heavy (non-hydrogen) atoms. The third-order valence-electron chi connectivity index (χ3n) is 4.35. The van der Waals surface area contributed by atoms with Gasteiger partial charge in [-0.15, -0.1) is 0 Å². The zero-order chi connectivity index (χ0) is 22.9. The van der Waals surface area contributed by atoms with Gasteiger partial charge in [-0.05, 0) is 48.9 Å². The number of rotatable bonds is 8. The zero-order valence-corrected chi connectivity index (χ0v) is 18.3. The molecule has 164 valence electrons. The first kappa shape index (κ1) is 22.8. The molecule has 0 fully saturated rings. The van der Waals surface area contributed by atoms with E-state index in [0.717, 1.165) is 5.56 Å². The highest BCUT2D eigenvalue weighted by atomic mass is 35.5. The van der Waals surface area contributed by atoms with E-state index >= 15 is 0 Å². The van der Waals surface area contributed by atoms with E-state index in [1.165, 1.54) is 13.3 Å². The van der Waals surface area contributed by atoms with Crippen molar-refractivity contribution in [2.75, 3.05) is 19.0 Å². The zero-order valence-electron chi connectivity index (χ0n) is 17.6. The van der Waals surface area contributed by atoms with Gasteiger partial charge < -0.3 is 14.8 Å². The van der Waals surface area contributed by atoms with Gasteiger partial charge in [0.2, 0.25) is 0 Å². The third-order valence-corrected chi connectivity index (χ3v) is 4.63. The van der Waals surface area contributed by atoms with E-state index < -0.39 is 0 Å². The summed E-state index contributed by atoms with van der Waals surface area (Å²) < 4.78 is 10.9. The summed E-state index contributed by atoms with van der Waals surface area (Å²) in [5.41, 5.74) is 5.29. The molecular weight excluding hydrogens is 430 g/mol. The second kappa shape index (κ2) is 11.0. The van der Waals surface area contributed by atoms with Crippen molar-refractivity contribution >= 4 is 35.3 Å². The first-order valence-corrected chi connectivity index (χ1v) is 10.1. The quantitative estimate of drug-likeness (QED) is 0.391. The number of nitrogens with zero attached hydrogens (tertiary/aromatic N) is 1. The van der Waals surface area contributed by atoms with Crippen LogP contribution in [0.2, 0.25) is 5.02 Å². The highest BCUT2D eigenvalue weighted by Crippen LogP contribution is 2.36. The van der Waals surface area contributed by atoms with Gasteiger partial charge in [0, 0.05) is 11.3 Å². The molecule has 3 aromatic rings. The summed E-state index contributed by atoms with van der Waals surface area (Å²) in [4.78, 5) is 24.2. The molecule has 0 bridgehead atoms. The number of hydrogen-bond acceptors (Lipinski definition) is 5. The van der Waals surface area contributed by atoms with Crippen LogP contribution in [0.1, 0.15) is 21.5 Å². The van der Waals surface area contributed by atoms with Crippen molar-refractivity contribution in [2.24, 2.45) is 5.10 Å². The molecule has 0 atom stereocenters. The van der Waals surface area contributed by atoms with Gasteiger partial charge >= 0.3 is 0 Å². The van der Waals surface area contributed by atoms with E-state index in [1.54, 1.807) is 36.4 Å². The normalized spacial score (nSPS) is 10.6. The summed E-state index contributed by atoms with van der Waals surface area (Å²) in [6.45, 7) is 1.72. The Balaban J connectivity index is 1.62. The van der Waals surface area contributed by atoms with Crippen molar-refractivity contribution in [3.63, 3.8) is 0 Å². The molecule has 7 nitrogen and oxygen atoms in total. The number of benzene rings is 3. The number of ether oxygens (including phenoxy) is 2. The Hall–Kier alpha value is -3.84. The van der Waals surface area contributed by atoms with Crippen LogP contribution in [0.25, 0.3) is 0 Å². The Labute approximate surface area is 191 Å². The number of aryl methyl sites for hydroxylation is 1. The van der Waals surface area contributed by atoms with Gasteiger partial charge in [-0.2, -0.15) is 5.10 Å². The number of nitrogens with one attached hydrogen (secondary N) is 2. The predicted molar refractivity (Wildman–Crippen MR) is 125 cm³/mol. The largest absolute Gasteiger partial charge is 0.493 e. The molecule has 0 aliphatic carbocycles. The van der Waals surface area contributed by atoms with Crippen LogP contribution in [-0.2, 0) is 4.79 Å². The minimum atomic E-state index is -0.334. The number of hydrogen-bond donors (Lipinski definition) is 2. The van der Waals surface area contributed by atoms with Crippen LogP contribution >= 0.6 is 11.6 Å². The Morgan fingerprint density at radius 2 is 1.78 bits per heavy atom. The summed E-state index contributed by atoms with van der Waals surface area (Å²) >= 11 is 6.33. The lowest BCUT2D eigenvalue weighted by molar-refractivity contribution is -0.118. The first-order chi connectivity index (χ1) is 15.5. The minimum absolute atomic E-state index is 0.235. The van der Waals surface area contributed by atoms with Crippen molar-refractivity contribution in [1.82, 2.24) is 5.43 Å². The van der Waals surface area contributed by atoms with Crippen LogP contribution < -0.4 is 20.2 Å². The Morgan fingerprint density at radius 3 is 2.47 bits per heavy atom. The summed E-state index contributed by atoms with van der Waals surface area (Å²) in [6.07, 6.45) is 1.43. The van der Waals surface area contributed by atoms with Crippen LogP contribution in [0.5, 0.6) is 11.5 Å². The third kappa shape index (κ3) is 6.33. The van der Waals surface area contributed by atoms with Gasteiger partial charge in [-0.25, -0.2) is 5.43 Å². The number of carbonyl (C=O) groups is 2. The summed E-state index contributed by atoms with van der Waals surface area (Å²) in [5.74, 6) is -0.101. The van der Waals surface area contributed by atoms with Crippen molar-refractivity contribution in [1.29, 1.82) is 0 Å².